The van der Waals surface area contributed by atoms with Crippen molar-refractivity contribution in [2.75, 3.05) is 33.3 Å². The van der Waals surface area contributed by atoms with Crippen LogP contribution in [0.5, 0.6) is 17.2 Å². The molecule has 1 amide bonds. The number of benzene rings is 3. The molecule has 0 bridgehead atoms. The first-order chi connectivity index (χ1) is 16.1. The lowest BCUT2D eigenvalue weighted by molar-refractivity contribution is 0.0759. The Labute approximate surface area is 191 Å². The van der Waals surface area contributed by atoms with E-state index >= 15 is 0 Å². The zero-order valence-corrected chi connectivity index (χ0v) is 18.3. The molecule has 2 aliphatic rings. The van der Waals surface area contributed by atoms with Gasteiger partial charge in [-0.2, -0.15) is 0 Å². The first-order valence-electron chi connectivity index (χ1n) is 11.0. The Kier molecular flexibility index (Phi) is 5.69. The van der Waals surface area contributed by atoms with Gasteiger partial charge in [-0.05, 0) is 42.8 Å². The third-order valence-corrected chi connectivity index (χ3v) is 5.93. The summed E-state index contributed by atoms with van der Waals surface area (Å²) in [6, 6.07) is 19.5. The number of amides is 1. The van der Waals surface area contributed by atoms with Gasteiger partial charge >= 0.3 is 0 Å². The standard InChI is InChI=1S/C26H24FN3O3/c1-32-18-11-12-20-24(17-18)33-23-10-5-4-9-22(23)28-25(20)29-13-6-14-30(16-15-29)26(31)19-7-2-3-8-21(19)27/h2-5,7-12,17H,6,13-16H2,1H3. The van der Waals surface area contributed by atoms with Crippen LogP contribution < -0.4 is 9.47 Å². The van der Waals surface area contributed by atoms with Crippen LogP contribution in [0.3, 0.4) is 0 Å². The van der Waals surface area contributed by atoms with Gasteiger partial charge in [0.25, 0.3) is 5.91 Å². The second kappa shape index (κ2) is 8.94. The molecule has 6 nitrogen and oxygen atoms in total. The van der Waals surface area contributed by atoms with Gasteiger partial charge in [-0.25, -0.2) is 9.38 Å². The molecule has 0 spiro atoms. The van der Waals surface area contributed by atoms with E-state index < -0.39 is 5.82 Å². The number of halogens is 1. The maximum absolute atomic E-state index is 14.2. The molecule has 1 saturated heterocycles. The van der Waals surface area contributed by atoms with Gasteiger partial charge in [0.1, 0.15) is 28.8 Å². The number of para-hydroxylation sites is 2. The van der Waals surface area contributed by atoms with E-state index in [1.54, 1.807) is 24.1 Å². The average Bonchev–Trinajstić information content (AvgIpc) is 3.18. The molecule has 2 heterocycles. The van der Waals surface area contributed by atoms with Crippen molar-refractivity contribution < 1.29 is 18.7 Å². The topological polar surface area (TPSA) is 54.4 Å². The minimum atomic E-state index is -0.492. The number of hydrogen-bond donors (Lipinski definition) is 0. The van der Waals surface area contributed by atoms with E-state index in [1.807, 2.05) is 42.5 Å². The van der Waals surface area contributed by atoms with Crippen LogP contribution in [0.1, 0.15) is 22.3 Å². The van der Waals surface area contributed by atoms with Gasteiger partial charge in [-0.3, -0.25) is 4.79 Å². The fraction of sp³-hybridized carbons (Fsp3) is 0.231. The molecular formula is C26H24FN3O3. The normalized spacial score (nSPS) is 15.4. The highest BCUT2D eigenvalue weighted by Crippen LogP contribution is 2.39. The van der Waals surface area contributed by atoms with Crippen LogP contribution in [0.2, 0.25) is 0 Å². The summed E-state index contributed by atoms with van der Waals surface area (Å²) in [5.41, 5.74) is 1.71. The fourth-order valence-corrected chi connectivity index (χ4v) is 4.21. The number of nitrogens with zero attached hydrogens (tertiary/aromatic N) is 3. The average molecular weight is 445 g/mol. The van der Waals surface area contributed by atoms with Gasteiger partial charge in [0, 0.05) is 32.2 Å². The number of hydrogen-bond acceptors (Lipinski definition) is 5. The summed E-state index contributed by atoms with van der Waals surface area (Å²) in [6.45, 7) is 2.32. The number of ether oxygens (including phenoxy) is 2. The maximum Gasteiger partial charge on any atom is 0.256 e. The summed E-state index contributed by atoms with van der Waals surface area (Å²) in [5.74, 6) is 2.06. The molecule has 3 aromatic rings. The summed E-state index contributed by atoms with van der Waals surface area (Å²) in [6.07, 6.45) is 0.743. The van der Waals surface area contributed by atoms with Crippen molar-refractivity contribution >= 4 is 17.4 Å². The van der Waals surface area contributed by atoms with E-state index in [9.17, 15) is 9.18 Å². The van der Waals surface area contributed by atoms with Crippen LogP contribution in [0.15, 0.2) is 71.7 Å². The number of carbonyl (C=O) groups excluding carboxylic acids is 1. The van der Waals surface area contributed by atoms with E-state index in [-0.39, 0.29) is 11.5 Å². The van der Waals surface area contributed by atoms with Gasteiger partial charge in [-0.1, -0.05) is 24.3 Å². The zero-order chi connectivity index (χ0) is 22.8. The van der Waals surface area contributed by atoms with E-state index in [4.69, 9.17) is 14.5 Å². The molecule has 33 heavy (non-hydrogen) atoms. The van der Waals surface area contributed by atoms with Gasteiger partial charge < -0.3 is 19.3 Å². The van der Waals surface area contributed by atoms with Crippen molar-refractivity contribution in [1.29, 1.82) is 0 Å². The Morgan fingerprint density at radius 3 is 2.64 bits per heavy atom. The van der Waals surface area contributed by atoms with Crippen molar-refractivity contribution in [3.63, 3.8) is 0 Å². The van der Waals surface area contributed by atoms with Crippen LogP contribution in [0.4, 0.5) is 10.1 Å². The lowest BCUT2D eigenvalue weighted by Gasteiger charge is -2.25. The van der Waals surface area contributed by atoms with Crippen LogP contribution in [0, 0.1) is 5.82 Å². The van der Waals surface area contributed by atoms with Crippen LogP contribution in [-0.2, 0) is 0 Å². The Morgan fingerprint density at radius 1 is 0.970 bits per heavy atom. The maximum atomic E-state index is 14.2. The highest BCUT2D eigenvalue weighted by molar-refractivity contribution is 6.04. The quantitative estimate of drug-likeness (QED) is 0.565. The first kappa shape index (κ1) is 21.0. The van der Waals surface area contributed by atoms with Gasteiger partial charge in [0.2, 0.25) is 0 Å². The summed E-state index contributed by atoms with van der Waals surface area (Å²) in [4.78, 5) is 21.8. The van der Waals surface area contributed by atoms with E-state index in [1.165, 1.54) is 12.1 Å². The smallest absolute Gasteiger partial charge is 0.256 e. The Balaban J connectivity index is 1.45. The molecule has 7 heteroatoms. The number of carbonyl (C=O) groups is 1. The molecule has 0 atom stereocenters. The predicted molar refractivity (Wildman–Crippen MR) is 124 cm³/mol. The summed E-state index contributed by atoms with van der Waals surface area (Å²) in [7, 11) is 1.62. The molecule has 5 rings (SSSR count). The third kappa shape index (κ3) is 4.14. The molecule has 0 N–H and O–H groups in total. The number of rotatable bonds is 2. The lowest BCUT2D eigenvalue weighted by atomic mass is 10.1. The van der Waals surface area contributed by atoms with Crippen LogP contribution in [0.25, 0.3) is 0 Å². The second-order valence-electron chi connectivity index (χ2n) is 7.98. The second-order valence-corrected chi connectivity index (χ2v) is 7.98. The minimum absolute atomic E-state index is 0.109. The van der Waals surface area contributed by atoms with Crippen molar-refractivity contribution in [2.45, 2.75) is 6.42 Å². The Morgan fingerprint density at radius 2 is 1.79 bits per heavy atom. The Bertz CT molecular complexity index is 1230. The van der Waals surface area contributed by atoms with Gasteiger partial charge in [-0.15, -0.1) is 0 Å². The Hall–Kier alpha value is -3.87. The number of aliphatic imine (C=N–C) groups is 1. The molecule has 1 fully saturated rings. The highest BCUT2D eigenvalue weighted by Gasteiger charge is 2.27. The molecule has 0 radical (unpaired) electrons. The zero-order valence-electron chi connectivity index (χ0n) is 18.3. The molecular weight excluding hydrogens is 421 g/mol. The minimum Gasteiger partial charge on any atom is -0.497 e. The van der Waals surface area contributed by atoms with Crippen LogP contribution >= 0.6 is 0 Å². The van der Waals surface area contributed by atoms with E-state index in [0.29, 0.717) is 43.4 Å². The summed E-state index contributed by atoms with van der Waals surface area (Å²) in [5, 5.41) is 0. The molecule has 0 aliphatic carbocycles. The largest absolute Gasteiger partial charge is 0.497 e. The van der Waals surface area contributed by atoms with Crippen molar-refractivity contribution in [3.8, 4) is 17.2 Å². The van der Waals surface area contributed by atoms with Crippen molar-refractivity contribution in [1.82, 2.24) is 9.80 Å². The predicted octanol–water partition coefficient (Wildman–Crippen LogP) is 4.87. The number of amidine groups is 1. The van der Waals surface area contributed by atoms with Crippen molar-refractivity contribution in [2.24, 2.45) is 4.99 Å². The highest BCUT2D eigenvalue weighted by atomic mass is 19.1. The summed E-state index contributed by atoms with van der Waals surface area (Å²) < 4.78 is 25.8. The first-order valence-corrected chi connectivity index (χ1v) is 11.0. The lowest BCUT2D eigenvalue weighted by Crippen LogP contribution is -2.38. The van der Waals surface area contributed by atoms with Gasteiger partial charge in [0.15, 0.2) is 5.75 Å². The summed E-state index contributed by atoms with van der Waals surface area (Å²) >= 11 is 0. The van der Waals surface area contributed by atoms with E-state index in [0.717, 1.165) is 23.5 Å². The number of fused-ring (bicyclic) bond motifs is 2. The van der Waals surface area contributed by atoms with Crippen LogP contribution in [-0.4, -0.2) is 54.8 Å². The molecule has 0 unspecified atom stereocenters. The SMILES string of the molecule is COc1ccc2c(c1)Oc1ccccc1N=C2N1CCCN(C(=O)c2ccccc2F)CC1. The fourth-order valence-electron chi connectivity index (χ4n) is 4.21. The van der Waals surface area contributed by atoms with Crippen molar-refractivity contribution in [3.05, 3.63) is 83.7 Å². The molecule has 2 aliphatic heterocycles. The monoisotopic (exact) mass is 445 g/mol. The molecule has 0 aromatic heterocycles. The third-order valence-electron chi connectivity index (χ3n) is 5.93. The number of methoxy groups -OCH3 is 1. The van der Waals surface area contributed by atoms with E-state index in [2.05, 4.69) is 4.90 Å². The van der Waals surface area contributed by atoms with Gasteiger partial charge in [0.05, 0.1) is 18.2 Å². The molecule has 3 aromatic carbocycles. The molecule has 168 valence electrons. The molecule has 0 saturated carbocycles.